The topological polar surface area (TPSA) is 41.6 Å². The van der Waals surface area contributed by atoms with Gasteiger partial charge in [0.25, 0.3) is 0 Å². The van der Waals surface area contributed by atoms with Crippen LogP contribution in [-0.4, -0.2) is 44.1 Å². The number of rotatable bonds is 5. The smallest absolute Gasteiger partial charge is 0.222 e. The second kappa shape index (κ2) is 7.76. The van der Waals surface area contributed by atoms with Gasteiger partial charge in [-0.25, -0.2) is 0 Å². The van der Waals surface area contributed by atoms with Crippen molar-refractivity contribution in [3.8, 4) is 0 Å². The molecule has 0 bridgehead atoms. The summed E-state index contributed by atoms with van der Waals surface area (Å²) in [7, 11) is 1.91. The van der Waals surface area contributed by atoms with Crippen molar-refractivity contribution in [3.63, 3.8) is 0 Å². The molecule has 1 aromatic carbocycles. The number of carbonyl (C=O) groups excluding carboxylic acids is 1. The van der Waals surface area contributed by atoms with Crippen LogP contribution >= 0.6 is 15.9 Å². The monoisotopic (exact) mass is 340 g/mol. The van der Waals surface area contributed by atoms with Gasteiger partial charge in [0.05, 0.1) is 13.2 Å². The van der Waals surface area contributed by atoms with E-state index < -0.39 is 0 Å². The Bertz CT molecular complexity index is 453. The minimum Gasteiger partial charge on any atom is -0.370 e. The average Bonchev–Trinajstić information content (AvgIpc) is 2.47. The summed E-state index contributed by atoms with van der Waals surface area (Å²) < 4.78 is 6.84. The summed E-state index contributed by atoms with van der Waals surface area (Å²) in [6.45, 7) is 2.83. The Hall–Kier alpha value is -0.910. The third kappa shape index (κ3) is 4.30. The van der Waals surface area contributed by atoms with Crippen molar-refractivity contribution in [2.75, 3.05) is 33.3 Å². The maximum absolute atomic E-state index is 12.2. The molecule has 1 aliphatic rings. The fraction of sp³-hybridized carbons (Fsp3) is 0.533. The summed E-state index contributed by atoms with van der Waals surface area (Å²) in [5.74, 6) is 0.226. The number of ether oxygens (including phenoxy) is 1. The lowest BCUT2D eigenvalue weighted by molar-refractivity contribution is -0.139. The van der Waals surface area contributed by atoms with Gasteiger partial charge in [0, 0.05) is 17.4 Å². The van der Waals surface area contributed by atoms with Crippen LogP contribution in [0.4, 0.5) is 0 Å². The number of carbonyl (C=O) groups is 1. The van der Waals surface area contributed by atoms with Crippen molar-refractivity contribution in [2.45, 2.75) is 18.9 Å². The van der Waals surface area contributed by atoms with Gasteiger partial charge in [-0.2, -0.15) is 0 Å². The van der Waals surface area contributed by atoms with Crippen LogP contribution in [0.15, 0.2) is 28.7 Å². The van der Waals surface area contributed by atoms with Crippen molar-refractivity contribution in [1.82, 2.24) is 10.2 Å². The maximum atomic E-state index is 12.2. The van der Waals surface area contributed by atoms with Gasteiger partial charge >= 0.3 is 0 Å². The first kappa shape index (κ1) is 15.5. The number of morpholine rings is 1. The van der Waals surface area contributed by atoms with Crippen LogP contribution in [-0.2, 0) is 9.53 Å². The van der Waals surface area contributed by atoms with Crippen molar-refractivity contribution in [2.24, 2.45) is 0 Å². The van der Waals surface area contributed by atoms with Crippen molar-refractivity contribution < 1.29 is 9.53 Å². The van der Waals surface area contributed by atoms with Crippen LogP contribution in [0, 0.1) is 0 Å². The number of hydrogen-bond donors (Lipinski definition) is 1. The molecule has 20 heavy (non-hydrogen) atoms. The van der Waals surface area contributed by atoms with Crippen LogP contribution in [0.25, 0.3) is 0 Å². The molecule has 1 aromatic rings. The van der Waals surface area contributed by atoms with Crippen molar-refractivity contribution in [3.05, 3.63) is 34.3 Å². The first-order valence-corrected chi connectivity index (χ1v) is 7.79. The zero-order valence-electron chi connectivity index (χ0n) is 11.8. The van der Waals surface area contributed by atoms with E-state index in [1.54, 1.807) is 0 Å². The van der Waals surface area contributed by atoms with Gasteiger partial charge in [0.15, 0.2) is 0 Å². The van der Waals surface area contributed by atoms with Gasteiger partial charge in [0.1, 0.15) is 6.10 Å². The first-order chi connectivity index (χ1) is 9.70. The molecule has 1 heterocycles. The Morgan fingerprint density at radius 2 is 2.40 bits per heavy atom. The summed E-state index contributed by atoms with van der Waals surface area (Å²) >= 11 is 3.47. The van der Waals surface area contributed by atoms with E-state index in [-0.39, 0.29) is 12.0 Å². The SMILES string of the molecule is CNCCCC(=O)N1CCOC(c2cccc(Br)c2)C1. The Morgan fingerprint density at radius 3 is 3.15 bits per heavy atom. The van der Waals surface area contributed by atoms with E-state index in [4.69, 9.17) is 4.74 Å². The highest BCUT2D eigenvalue weighted by molar-refractivity contribution is 9.10. The summed E-state index contributed by atoms with van der Waals surface area (Å²) in [5, 5.41) is 3.07. The highest BCUT2D eigenvalue weighted by Gasteiger charge is 2.25. The normalized spacial score (nSPS) is 19.1. The number of halogens is 1. The standard InChI is InChI=1S/C15H21BrN2O2/c1-17-7-3-6-15(19)18-8-9-20-14(11-18)12-4-2-5-13(16)10-12/h2,4-5,10,14,17H,3,6-9,11H2,1H3. The van der Waals surface area contributed by atoms with Crippen LogP contribution < -0.4 is 5.32 Å². The number of benzene rings is 1. The predicted octanol–water partition coefficient (Wildman–Crippen LogP) is 2.35. The molecule has 1 aliphatic heterocycles. The van der Waals surface area contributed by atoms with E-state index in [0.29, 0.717) is 26.1 Å². The molecule has 1 amide bonds. The third-order valence-corrected chi connectivity index (χ3v) is 3.95. The van der Waals surface area contributed by atoms with Gasteiger partial charge in [-0.05, 0) is 37.7 Å². The highest BCUT2D eigenvalue weighted by atomic mass is 79.9. The van der Waals surface area contributed by atoms with Crippen LogP contribution in [0.3, 0.4) is 0 Å². The number of nitrogens with zero attached hydrogens (tertiary/aromatic N) is 1. The molecule has 1 N–H and O–H groups in total. The Morgan fingerprint density at radius 1 is 1.55 bits per heavy atom. The van der Waals surface area contributed by atoms with Gasteiger partial charge < -0.3 is 15.0 Å². The van der Waals surface area contributed by atoms with Crippen molar-refractivity contribution >= 4 is 21.8 Å². The lowest BCUT2D eigenvalue weighted by atomic mass is 10.1. The van der Waals surface area contributed by atoms with Crippen molar-refractivity contribution in [1.29, 1.82) is 0 Å². The maximum Gasteiger partial charge on any atom is 0.222 e. The van der Waals surface area contributed by atoms with Gasteiger partial charge in [-0.1, -0.05) is 28.1 Å². The summed E-state index contributed by atoms with van der Waals surface area (Å²) in [4.78, 5) is 14.1. The van der Waals surface area contributed by atoms with Gasteiger partial charge in [0.2, 0.25) is 5.91 Å². The largest absolute Gasteiger partial charge is 0.370 e. The minimum absolute atomic E-state index is 0.0190. The summed E-state index contributed by atoms with van der Waals surface area (Å²) in [6, 6.07) is 8.09. The number of hydrogen-bond acceptors (Lipinski definition) is 3. The number of nitrogens with one attached hydrogen (secondary N) is 1. The van der Waals surface area contributed by atoms with Crippen LogP contribution in [0.1, 0.15) is 24.5 Å². The molecule has 0 aromatic heterocycles. The molecular formula is C15H21BrN2O2. The van der Waals surface area contributed by atoms with E-state index in [1.807, 2.05) is 30.1 Å². The fourth-order valence-electron chi connectivity index (χ4n) is 2.36. The molecule has 4 nitrogen and oxygen atoms in total. The van der Waals surface area contributed by atoms with Crippen LogP contribution in [0.5, 0.6) is 0 Å². The lowest BCUT2D eigenvalue weighted by Crippen LogP contribution is -2.42. The van der Waals surface area contributed by atoms with E-state index >= 15 is 0 Å². The van der Waals surface area contributed by atoms with E-state index in [1.165, 1.54) is 0 Å². The molecule has 5 heteroatoms. The Labute approximate surface area is 128 Å². The molecule has 2 rings (SSSR count). The highest BCUT2D eigenvalue weighted by Crippen LogP contribution is 2.25. The predicted molar refractivity (Wildman–Crippen MR) is 82.6 cm³/mol. The van der Waals surface area contributed by atoms with Crippen LogP contribution in [0.2, 0.25) is 0 Å². The Kier molecular flexibility index (Phi) is 6.01. The molecule has 1 saturated heterocycles. The quantitative estimate of drug-likeness (QED) is 0.836. The average molecular weight is 341 g/mol. The molecule has 0 spiro atoms. The lowest BCUT2D eigenvalue weighted by Gasteiger charge is -2.33. The molecule has 1 fully saturated rings. The number of amides is 1. The van der Waals surface area contributed by atoms with E-state index in [0.717, 1.165) is 23.0 Å². The Balaban J connectivity index is 1.93. The molecular weight excluding hydrogens is 320 g/mol. The molecule has 1 unspecified atom stereocenters. The van der Waals surface area contributed by atoms with E-state index in [2.05, 4.69) is 27.3 Å². The molecule has 0 saturated carbocycles. The molecule has 0 aliphatic carbocycles. The second-order valence-corrected chi connectivity index (χ2v) is 5.88. The second-order valence-electron chi connectivity index (χ2n) is 4.96. The van der Waals surface area contributed by atoms with Gasteiger partial charge in [-0.15, -0.1) is 0 Å². The molecule has 0 radical (unpaired) electrons. The molecule has 1 atom stereocenters. The summed E-state index contributed by atoms with van der Waals surface area (Å²) in [6.07, 6.45) is 1.47. The third-order valence-electron chi connectivity index (χ3n) is 3.46. The minimum atomic E-state index is -0.0190. The fourth-order valence-corrected chi connectivity index (χ4v) is 2.78. The zero-order chi connectivity index (χ0) is 14.4. The summed E-state index contributed by atoms with van der Waals surface area (Å²) in [5.41, 5.74) is 1.12. The zero-order valence-corrected chi connectivity index (χ0v) is 13.4. The van der Waals surface area contributed by atoms with Gasteiger partial charge in [-0.3, -0.25) is 4.79 Å². The molecule has 110 valence electrons. The van der Waals surface area contributed by atoms with E-state index in [9.17, 15) is 4.79 Å². The first-order valence-electron chi connectivity index (χ1n) is 7.00.